The van der Waals surface area contributed by atoms with Crippen molar-refractivity contribution < 1.29 is 19.4 Å². The minimum atomic E-state index is -1.07. The van der Waals surface area contributed by atoms with Crippen LogP contribution in [0.4, 0.5) is 0 Å². The molecule has 0 spiro atoms. The van der Waals surface area contributed by atoms with Gasteiger partial charge in [0, 0.05) is 19.1 Å². The number of hydrogen-bond donors (Lipinski definition) is 3. The fourth-order valence-electron chi connectivity index (χ4n) is 1.52. The second kappa shape index (κ2) is 7.93. The molecule has 7 nitrogen and oxygen atoms in total. The molecule has 0 bridgehead atoms. The molecule has 1 amide bonds. The van der Waals surface area contributed by atoms with Crippen molar-refractivity contribution in [2.75, 3.05) is 13.7 Å². The van der Waals surface area contributed by atoms with E-state index in [-0.39, 0.29) is 11.7 Å². The number of aromatic nitrogens is 1. The average Bonchev–Trinajstić information content (AvgIpc) is 2.87. The molecule has 8 heteroatoms. The first-order valence-corrected chi connectivity index (χ1v) is 7.07. The number of methoxy groups -OCH3 is 1. The number of nitrogens with one attached hydrogen (secondary N) is 1. The number of aliphatic carboxylic acids is 1. The van der Waals surface area contributed by atoms with Crippen molar-refractivity contribution in [3.8, 4) is 0 Å². The Morgan fingerprint density at radius 1 is 1.60 bits per heavy atom. The number of thiazole rings is 1. The van der Waals surface area contributed by atoms with Crippen molar-refractivity contribution in [1.29, 1.82) is 0 Å². The number of carbonyl (C=O) groups is 2. The molecule has 0 aliphatic rings. The van der Waals surface area contributed by atoms with Crippen LogP contribution in [0, 0.1) is 0 Å². The molecule has 2 unspecified atom stereocenters. The van der Waals surface area contributed by atoms with Crippen molar-refractivity contribution in [2.24, 2.45) is 5.73 Å². The lowest BCUT2D eigenvalue weighted by molar-refractivity contribution is -0.139. The van der Waals surface area contributed by atoms with Gasteiger partial charge in [0.05, 0.1) is 6.04 Å². The summed E-state index contributed by atoms with van der Waals surface area (Å²) in [5.41, 5.74) is 5.86. The number of carboxylic acids is 1. The summed E-state index contributed by atoms with van der Waals surface area (Å²) >= 11 is 1.28. The number of carboxylic acid groups (broad SMARTS) is 1. The largest absolute Gasteiger partial charge is 0.480 e. The predicted molar refractivity (Wildman–Crippen MR) is 74.7 cm³/mol. The Morgan fingerprint density at radius 2 is 2.30 bits per heavy atom. The Bertz CT molecular complexity index is 461. The minimum absolute atomic E-state index is 0.195. The molecule has 2 atom stereocenters. The van der Waals surface area contributed by atoms with Gasteiger partial charge in [0.1, 0.15) is 16.7 Å². The molecule has 1 aromatic rings. The van der Waals surface area contributed by atoms with Gasteiger partial charge in [0.15, 0.2) is 0 Å². The van der Waals surface area contributed by atoms with Crippen molar-refractivity contribution in [1.82, 2.24) is 10.3 Å². The topological polar surface area (TPSA) is 115 Å². The molecule has 0 saturated carbocycles. The van der Waals surface area contributed by atoms with E-state index in [2.05, 4.69) is 10.3 Å². The third kappa shape index (κ3) is 4.87. The molecule has 1 rings (SSSR count). The molecule has 4 N–H and O–H groups in total. The minimum Gasteiger partial charge on any atom is -0.480 e. The highest BCUT2D eigenvalue weighted by Crippen LogP contribution is 2.16. The highest BCUT2D eigenvalue weighted by molar-refractivity contribution is 7.09. The van der Waals surface area contributed by atoms with Gasteiger partial charge in [-0.05, 0) is 19.8 Å². The summed E-state index contributed by atoms with van der Waals surface area (Å²) in [6, 6.07) is -1.20. The maximum absolute atomic E-state index is 11.9. The van der Waals surface area contributed by atoms with Crippen LogP contribution in [0.3, 0.4) is 0 Å². The zero-order valence-electron chi connectivity index (χ0n) is 11.5. The van der Waals surface area contributed by atoms with Crippen LogP contribution in [-0.2, 0) is 9.53 Å². The van der Waals surface area contributed by atoms with Crippen LogP contribution in [-0.4, -0.2) is 41.7 Å². The van der Waals surface area contributed by atoms with E-state index in [1.165, 1.54) is 11.3 Å². The molecule has 0 aliphatic heterocycles. The van der Waals surface area contributed by atoms with Crippen molar-refractivity contribution >= 4 is 23.2 Å². The van der Waals surface area contributed by atoms with E-state index in [0.717, 1.165) is 0 Å². The predicted octanol–water partition coefficient (Wildman–Crippen LogP) is 0.772. The smallest absolute Gasteiger partial charge is 0.326 e. The Balaban J connectivity index is 2.62. The van der Waals surface area contributed by atoms with Gasteiger partial charge in [-0.1, -0.05) is 0 Å². The van der Waals surface area contributed by atoms with Crippen molar-refractivity contribution in [3.05, 3.63) is 16.1 Å². The number of hydrogen-bond acceptors (Lipinski definition) is 6. The van der Waals surface area contributed by atoms with Crippen LogP contribution in [0.15, 0.2) is 5.38 Å². The van der Waals surface area contributed by atoms with Gasteiger partial charge >= 0.3 is 5.97 Å². The van der Waals surface area contributed by atoms with Crippen LogP contribution in [0.2, 0.25) is 0 Å². The van der Waals surface area contributed by atoms with Crippen LogP contribution in [0.1, 0.15) is 41.3 Å². The summed E-state index contributed by atoms with van der Waals surface area (Å²) in [7, 11) is 1.54. The molecule has 0 fully saturated rings. The van der Waals surface area contributed by atoms with Gasteiger partial charge in [-0.2, -0.15) is 0 Å². The van der Waals surface area contributed by atoms with Gasteiger partial charge in [-0.25, -0.2) is 9.78 Å². The van der Waals surface area contributed by atoms with Gasteiger partial charge in [-0.15, -0.1) is 11.3 Å². The van der Waals surface area contributed by atoms with E-state index in [4.69, 9.17) is 15.6 Å². The maximum atomic E-state index is 11.9. The Kier molecular flexibility index (Phi) is 6.56. The first-order valence-electron chi connectivity index (χ1n) is 6.19. The van der Waals surface area contributed by atoms with E-state index >= 15 is 0 Å². The van der Waals surface area contributed by atoms with E-state index in [0.29, 0.717) is 24.5 Å². The average molecular weight is 301 g/mol. The number of rotatable bonds is 8. The third-order valence-corrected chi connectivity index (χ3v) is 3.63. The summed E-state index contributed by atoms with van der Waals surface area (Å²) in [6.45, 7) is 2.22. The summed E-state index contributed by atoms with van der Waals surface area (Å²) in [5, 5.41) is 13.7. The fraction of sp³-hybridized carbons (Fsp3) is 0.583. The van der Waals surface area contributed by atoms with Gasteiger partial charge in [0.2, 0.25) is 0 Å². The van der Waals surface area contributed by atoms with Gasteiger partial charge in [0.25, 0.3) is 5.91 Å². The lowest BCUT2D eigenvalue weighted by Crippen LogP contribution is -2.41. The summed E-state index contributed by atoms with van der Waals surface area (Å²) in [6.07, 6.45) is 0.856. The SMILES string of the molecule is COCCCC(NC(=O)c1csc(C(C)N)n1)C(=O)O. The number of nitrogens with two attached hydrogens (primary N) is 1. The molecular formula is C12H19N3O4S. The molecule has 0 aliphatic carbocycles. The van der Waals surface area contributed by atoms with Crippen molar-refractivity contribution in [2.45, 2.75) is 31.8 Å². The van der Waals surface area contributed by atoms with Crippen LogP contribution < -0.4 is 11.1 Å². The van der Waals surface area contributed by atoms with Gasteiger partial charge in [-0.3, -0.25) is 4.79 Å². The Hall–Kier alpha value is -1.51. The van der Waals surface area contributed by atoms with Crippen molar-refractivity contribution in [3.63, 3.8) is 0 Å². The first-order chi connectivity index (χ1) is 9.45. The third-order valence-electron chi connectivity index (χ3n) is 2.59. The zero-order valence-corrected chi connectivity index (χ0v) is 12.3. The monoisotopic (exact) mass is 301 g/mol. The van der Waals surface area contributed by atoms with E-state index in [1.54, 1.807) is 19.4 Å². The summed E-state index contributed by atoms with van der Waals surface area (Å²) in [4.78, 5) is 27.1. The standard InChI is InChI=1S/C12H19N3O4S/c1-7(13)11-15-9(6-20-11)10(16)14-8(12(17)18)4-3-5-19-2/h6-8H,3-5,13H2,1-2H3,(H,14,16)(H,17,18). The fourth-order valence-corrected chi connectivity index (χ4v) is 2.28. The first kappa shape index (κ1) is 16.5. The number of carbonyl (C=O) groups excluding carboxylic acids is 1. The highest BCUT2D eigenvalue weighted by atomic mass is 32.1. The summed E-state index contributed by atoms with van der Waals surface area (Å²) < 4.78 is 4.86. The van der Waals surface area contributed by atoms with Crippen LogP contribution in [0.25, 0.3) is 0 Å². The molecule has 20 heavy (non-hydrogen) atoms. The Morgan fingerprint density at radius 3 is 2.80 bits per heavy atom. The van der Waals surface area contributed by atoms with Crippen LogP contribution in [0.5, 0.6) is 0 Å². The van der Waals surface area contributed by atoms with E-state index in [1.807, 2.05) is 0 Å². The number of amides is 1. The number of nitrogens with zero attached hydrogens (tertiary/aromatic N) is 1. The number of ether oxygens (including phenoxy) is 1. The molecule has 1 aromatic heterocycles. The van der Waals surface area contributed by atoms with Gasteiger partial charge < -0.3 is 20.9 Å². The zero-order chi connectivity index (χ0) is 15.1. The molecule has 112 valence electrons. The second-order valence-corrected chi connectivity index (χ2v) is 5.25. The van der Waals surface area contributed by atoms with E-state index < -0.39 is 17.9 Å². The quantitative estimate of drug-likeness (QED) is 0.611. The molecule has 1 heterocycles. The Labute approximate surface area is 121 Å². The molecule has 0 radical (unpaired) electrons. The van der Waals surface area contributed by atoms with Crippen LogP contribution >= 0.6 is 11.3 Å². The summed E-state index contributed by atoms with van der Waals surface area (Å²) in [5.74, 6) is -1.57. The normalized spacial score (nSPS) is 13.8. The molecule has 0 saturated heterocycles. The lowest BCUT2D eigenvalue weighted by Gasteiger charge is -2.13. The molecule has 0 aromatic carbocycles. The molecular weight excluding hydrogens is 282 g/mol. The lowest BCUT2D eigenvalue weighted by atomic mass is 10.1. The highest BCUT2D eigenvalue weighted by Gasteiger charge is 2.22. The van der Waals surface area contributed by atoms with E-state index in [9.17, 15) is 9.59 Å². The second-order valence-electron chi connectivity index (χ2n) is 4.36. The maximum Gasteiger partial charge on any atom is 0.326 e.